The Balaban J connectivity index is 0.978. The van der Waals surface area contributed by atoms with Gasteiger partial charge in [0.05, 0.1) is 0 Å². The van der Waals surface area contributed by atoms with Crippen LogP contribution in [0.1, 0.15) is 141 Å². The first-order valence-corrected chi connectivity index (χ1v) is 23.9. The summed E-state index contributed by atoms with van der Waals surface area (Å²) in [6.45, 7) is 0. The summed E-state index contributed by atoms with van der Waals surface area (Å²) < 4.78 is 0. The topological polar surface area (TPSA) is 0 Å². The van der Waals surface area contributed by atoms with Gasteiger partial charge in [-0.2, -0.15) is 0 Å². The molecule has 0 bridgehead atoms. The van der Waals surface area contributed by atoms with Crippen molar-refractivity contribution >= 4 is 0 Å². The molecule has 0 amide bonds. The normalized spacial score (nSPS) is 69.5. The van der Waals surface area contributed by atoms with Gasteiger partial charge < -0.3 is 0 Å². The van der Waals surface area contributed by atoms with Gasteiger partial charge in [0, 0.05) is 0 Å². The molecule has 26 atom stereocenters. The summed E-state index contributed by atoms with van der Waals surface area (Å²) in [4.78, 5) is 0. The summed E-state index contributed by atoms with van der Waals surface area (Å²) in [5.41, 5.74) is 0. The van der Waals surface area contributed by atoms with Crippen LogP contribution in [-0.2, 0) is 0 Å². The lowest BCUT2D eigenvalue weighted by atomic mass is 9.24. The maximum absolute atomic E-state index is 1.78. The summed E-state index contributed by atoms with van der Waals surface area (Å²) in [7, 11) is 0. The molecule has 0 nitrogen and oxygen atoms in total. The van der Waals surface area contributed by atoms with Crippen LogP contribution in [0.3, 0.4) is 0 Å². The fraction of sp³-hybridized carbons (Fsp3) is 1.00. The van der Waals surface area contributed by atoms with Crippen molar-refractivity contribution in [3.63, 3.8) is 0 Å². The molecule has 0 spiro atoms. The van der Waals surface area contributed by atoms with Crippen LogP contribution in [0, 0.1) is 154 Å². The Morgan fingerprint density at radius 1 is 0.146 bits per heavy atom. The largest absolute Gasteiger partial charge is 0.0530 e. The molecule has 0 N–H and O–H groups in total. The van der Waals surface area contributed by atoms with E-state index in [9.17, 15) is 0 Å². The molecule has 14 aliphatic rings. The summed E-state index contributed by atoms with van der Waals surface area (Å²) in [6.07, 6.45) is 36.7. The number of hydrogen-bond donors (Lipinski definition) is 0. The van der Waals surface area contributed by atoms with Gasteiger partial charge >= 0.3 is 0 Å². The van der Waals surface area contributed by atoms with E-state index in [1.165, 1.54) is 154 Å². The summed E-state index contributed by atoms with van der Waals surface area (Å²) in [5, 5.41) is 0. The first-order valence-electron chi connectivity index (χ1n) is 23.9. The minimum absolute atomic E-state index is 1.17. The Hall–Kier alpha value is 0. The van der Waals surface area contributed by atoms with E-state index < -0.39 is 0 Å². The summed E-state index contributed by atoms with van der Waals surface area (Å²) in [5.74, 6) is 31.0. The highest BCUT2D eigenvalue weighted by atomic mass is 14.8. The molecule has 0 radical (unpaired) electrons. The second kappa shape index (κ2) is 9.95. The van der Waals surface area contributed by atoms with E-state index in [2.05, 4.69) is 0 Å². The quantitative estimate of drug-likeness (QED) is 0.246. The van der Waals surface area contributed by atoms with Crippen molar-refractivity contribution < 1.29 is 0 Å². The zero-order valence-electron chi connectivity index (χ0n) is 30.6. The van der Waals surface area contributed by atoms with Crippen LogP contribution < -0.4 is 0 Å². The molecule has 14 saturated carbocycles. The SMILES string of the molecule is C1CCC2C(C1)C1CCCC3C4CCCC5C6CC7C8CCCCC8C8CCCC9C%10CCCC%11C%12CC2C(C13)C(C45)C%12C6C(C%10%11)C7C89. The number of fused-ring (bicyclic) bond motifs is 10. The fourth-order valence-electron chi connectivity index (χ4n) is 23.9. The van der Waals surface area contributed by atoms with Gasteiger partial charge in [-0.05, 0) is 244 Å². The Morgan fingerprint density at radius 2 is 0.354 bits per heavy atom. The average Bonchev–Trinajstić information content (AvgIpc) is 3.16. The maximum Gasteiger partial charge on any atom is -0.0312 e. The molecule has 14 rings (SSSR count). The zero-order valence-corrected chi connectivity index (χ0v) is 30.6. The third-order valence-electron chi connectivity index (χ3n) is 23.5. The van der Waals surface area contributed by atoms with Gasteiger partial charge in [0.1, 0.15) is 0 Å². The fourth-order valence-corrected chi connectivity index (χ4v) is 23.9. The van der Waals surface area contributed by atoms with Crippen molar-refractivity contribution in [3.8, 4) is 0 Å². The highest BCUT2D eigenvalue weighted by Crippen LogP contribution is 2.82. The van der Waals surface area contributed by atoms with E-state index in [0.29, 0.717) is 0 Å². The van der Waals surface area contributed by atoms with Crippen molar-refractivity contribution in [2.45, 2.75) is 141 Å². The molecule has 0 heterocycles. The molecule has 0 aromatic carbocycles. The van der Waals surface area contributed by atoms with Crippen LogP contribution in [-0.4, -0.2) is 0 Å². The van der Waals surface area contributed by atoms with Gasteiger partial charge in [-0.25, -0.2) is 0 Å². The van der Waals surface area contributed by atoms with E-state index in [1.54, 1.807) is 141 Å². The van der Waals surface area contributed by atoms with Gasteiger partial charge in [-0.15, -0.1) is 0 Å². The predicted octanol–water partition coefficient (Wildman–Crippen LogP) is 11.8. The lowest BCUT2D eigenvalue weighted by molar-refractivity contribution is -0.326. The van der Waals surface area contributed by atoms with E-state index >= 15 is 0 Å². The zero-order chi connectivity index (χ0) is 30.6. The lowest BCUT2D eigenvalue weighted by Crippen LogP contribution is -2.75. The summed E-state index contributed by atoms with van der Waals surface area (Å²) in [6, 6.07) is 0. The minimum Gasteiger partial charge on any atom is -0.0530 e. The van der Waals surface area contributed by atoms with Crippen molar-refractivity contribution in [1.29, 1.82) is 0 Å². The number of rotatable bonds is 0. The van der Waals surface area contributed by atoms with Crippen LogP contribution in [0.4, 0.5) is 0 Å². The molecule has 0 saturated heterocycles. The van der Waals surface area contributed by atoms with Crippen LogP contribution in [0.25, 0.3) is 0 Å². The highest BCUT2D eigenvalue weighted by molar-refractivity contribution is 5.24. The van der Waals surface area contributed by atoms with Crippen LogP contribution in [0.15, 0.2) is 0 Å². The Kier molecular flexibility index (Phi) is 5.90. The second-order valence-corrected chi connectivity index (χ2v) is 23.2. The van der Waals surface area contributed by atoms with Gasteiger partial charge in [0.15, 0.2) is 0 Å². The van der Waals surface area contributed by atoms with Gasteiger partial charge in [-0.1, -0.05) is 51.4 Å². The molecule has 0 aromatic heterocycles. The van der Waals surface area contributed by atoms with Crippen LogP contribution in [0.5, 0.6) is 0 Å². The standard InChI is InChI=1S/C48H70/c1-3-11-25-23(9-1)27-13-5-15-29-31-17-7-20-34-38-22-36-26-12-4-2-10-24(26)28-14-6-16-30-32-18-8-19-33-37-21-35(25)43(39(27)29)47(41(31)34)45(37)46(38)48(42(32)33)44(36)40(28)30/h23-48H,1-22H2. The van der Waals surface area contributed by atoms with E-state index in [1.807, 2.05) is 0 Å². The molecular weight excluding hydrogens is 577 g/mol. The van der Waals surface area contributed by atoms with Gasteiger partial charge in [-0.3, -0.25) is 0 Å². The molecular formula is C48H70. The maximum atomic E-state index is 1.78. The lowest BCUT2D eigenvalue weighted by Gasteiger charge is -2.80. The highest BCUT2D eigenvalue weighted by Gasteiger charge is 2.77. The van der Waals surface area contributed by atoms with Crippen molar-refractivity contribution in [2.24, 2.45) is 154 Å². The van der Waals surface area contributed by atoms with Crippen LogP contribution in [0.2, 0.25) is 0 Å². The predicted molar refractivity (Wildman–Crippen MR) is 192 cm³/mol. The average molecular weight is 647 g/mol. The van der Waals surface area contributed by atoms with Crippen LogP contribution >= 0.6 is 0 Å². The third-order valence-corrected chi connectivity index (χ3v) is 23.5. The first-order chi connectivity index (χ1) is 23.9. The van der Waals surface area contributed by atoms with Gasteiger partial charge in [0.2, 0.25) is 0 Å². The third kappa shape index (κ3) is 3.22. The Labute approximate surface area is 294 Å². The minimum atomic E-state index is 1.17. The second-order valence-electron chi connectivity index (χ2n) is 23.2. The van der Waals surface area contributed by atoms with E-state index in [4.69, 9.17) is 0 Å². The molecule has 48 heavy (non-hydrogen) atoms. The van der Waals surface area contributed by atoms with Crippen molar-refractivity contribution in [3.05, 3.63) is 0 Å². The Bertz CT molecular complexity index is 1230. The van der Waals surface area contributed by atoms with E-state index in [0.717, 1.165) is 0 Å². The smallest absolute Gasteiger partial charge is 0.0312 e. The van der Waals surface area contributed by atoms with Gasteiger partial charge in [0.25, 0.3) is 0 Å². The molecule has 26 unspecified atom stereocenters. The molecule has 0 aliphatic heterocycles. The van der Waals surface area contributed by atoms with Crippen molar-refractivity contribution in [1.82, 2.24) is 0 Å². The monoisotopic (exact) mass is 647 g/mol. The first kappa shape index (κ1) is 28.5. The van der Waals surface area contributed by atoms with E-state index in [-0.39, 0.29) is 0 Å². The molecule has 14 aliphatic carbocycles. The molecule has 0 aromatic rings. The molecule has 262 valence electrons. The molecule has 14 fully saturated rings. The molecule has 0 heteroatoms. The Morgan fingerprint density at radius 3 is 0.708 bits per heavy atom. The summed E-state index contributed by atoms with van der Waals surface area (Å²) >= 11 is 0. The number of hydrogen-bond acceptors (Lipinski definition) is 0. The van der Waals surface area contributed by atoms with Crippen molar-refractivity contribution in [2.75, 3.05) is 0 Å².